The highest BCUT2D eigenvalue weighted by atomic mass is 32.2. The quantitative estimate of drug-likeness (QED) is 0.755. The van der Waals surface area contributed by atoms with E-state index in [0.717, 1.165) is 31.4 Å². The van der Waals surface area contributed by atoms with E-state index in [1.165, 1.54) is 24.3 Å². The van der Waals surface area contributed by atoms with Crippen molar-refractivity contribution in [2.75, 3.05) is 28.0 Å². The number of nitrogens with zero attached hydrogens (tertiary/aromatic N) is 1. The third-order valence-electron chi connectivity index (χ3n) is 5.28. The molecular formula is C20H20F3N3O3S. The first-order valence-electron chi connectivity index (χ1n) is 9.55. The molecule has 2 N–H and O–H groups in total. The molecule has 2 aliphatic heterocycles. The third kappa shape index (κ3) is 4.09. The van der Waals surface area contributed by atoms with E-state index >= 15 is 0 Å². The summed E-state index contributed by atoms with van der Waals surface area (Å²) >= 11 is 0. The van der Waals surface area contributed by atoms with Gasteiger partial charge in [0.25, 0.3) is 10.0 Å². The molecule has 30 heavy (non-hydrogen) atoms. The van der Waals surface area contributed by atoms with Crippen LogP contribution in [0.15, 0.2) is 41.3 Å². The number of carbonyl (C=O) groups excluding carboxylic acids is 1. The van der Waals surface area contributed by atoms with Crippen molar-refractivity contribution in [3.05, 3.63) is 47.5 Å². The van der Waals surface area contributed by atoms with Crippen molar-refractivity contribution in [2.45, 2.75) is 36.8 Å². The Bertz CT molecular complexity index is 1090. The topological polar surface area (TPSA) is 78.5 Å². The number of halogens is 3. The molecule has 0 aliphatic carbocycles. The number of carbonyl (C=O) groups is 1. The normalized spacial score (nSPS) is 16.9. The first kappa shape index (κ1) is 20.5. The predicted octanol–water partition coefficient (Wildman–Crippen LogP) is 3.99. The monoisotopic (exact) mass is 439 g/mol. The lowest BCUT2D eigenvalue weighted by Crippen LogP contribution is -2.30. The SMILES string of the molecule is O=C1Cc2cc(S(=O)(=O)Nc3cc(C(F)(F)F)ccc3N3CCCCC3)ccc2N1. The molecule has 2 aromatic carbocycles. The number of hydrogen-bond donors (Lipinski definition) is 2. The van der Waals surface area contributed by atoms with E-state index in [-0.39, 0.29) is 22.9 Å². The molecular weight excluding hydrogens is 419 g/mol. The smallest absolute Gasteiger partial charge is 0.370 e. The maximum Gasteiger partial charge on any atom is 0.416 e. The van der Waals surface area contributed by atoms with E-state index in [0.29, 0.717) is 30.0 Å². The fraction of sp³-hybridized carbons (Fsp3) is 0.350. The summed E-state index contributed by atoms with van der Waals surface area (Å²) in [5.74, 6) is -0.238. The molecule has 1 fully saturated rings. The van der Waals surface area contributed by atoms with Crippen LogP contribution in [-0.4, -0.2) is 27.4 Å². The van der Waals surface area contributed by atoms with Crippen molar-refractivity contribution in [3.63, 3.8) is 0 Å². The van der Waals surface area contributed by atoms with Crippen molar-refractivity contribution in [3.8, 4) is 0 Å². The third-order valence-corrected chi connectivity index (χ3v) is 6.64. The Kier molecular flexibility index (Phi) is 5.13. The first-order valence-corrected chi connectivity index (χ1v) is 11.0. The van der Waals surface area contributed by atoms with Crippen LogP contribution in [0.4, 0.5) is 30.2 Å². The number of fused-ring (bicyclic) bond motifs is 1. The van der Waals surface area contributed by atoms with Crippen LogP contribution in [0.1, 0.15) is 30.4 Å². The lowest BCUT2D eigenvalue weighted by molar-refractivity contribution is -0.137. The van der Waals surface area contributed by atoms with Gasteiger partial charge in [-0.15, -0.1) is 0 Å². The molecule has 0 unspecified atom stereocenters. The zero-order valence-corrected chi connectivity index (χ0v) is 16.7. The molecule has 0 atom stereocenters. The summed E-state index contributed by atoms with van der Waals surface area (Å²) in [6, 6.07) is 7.28. The summed E-state index contributed by atoms with van der Waals surface area (Å²) in [4.78, 5) is 13.3. The van der Waals surface area contributed by atoms with E-state index in [9.17, 15) is 26.4 Å². The molecule has 0 radical (unpaired) electrons. The first-order chi connectivity index (χ1) is 14.1. The molecule has 0 saturated carbocycles. The molecule has 0 bridgehead atoms. The molecule has 2 aromatic rings. The molecule has 2 heterocycles. The number of rotatable bonds is 4. The van der Waals surface area contributed by atoms with Gasteiger partial charge in [-0.3, -0.25) is 9.52 Å². The number of sulfonamides is 1. The average Bonchev–Trinajstić information content (AvgIpc) is 3.07. The average molecular weight is 439 g/mol. The number of alkyl halides is 3. The lowest BCUT2D eigenvalue weighted by Gasteiger charge is -2.31. The molecule has 160 valence electrons. The zero-order chi connectivity index (χ0) is 21.5. The standard InChI is InChI=1S/C20H20F3N3O3S/c21-20(22,23)14-4-7-18(26-8-2-1-3-9-26)17(12-14)25-30(28,29)15-5-6-16-13(10-15)11-19(27)24-16/h4-7,10,12,25H,1-3,8-9,11H2,(H,24,27). The second-order valence-electron chi connectivity index (χ2n) is 7.43. The number of hydrogen-bond acceptors (Lipinski definition) is 4. The van der Waals surface area contributed by atoms with Gasteiger partial charge in [-0.25, -0.2) is 8.42 Å². The fourth-order valence-electron chi connectivity index (χ4n) is 3.78. The summed E-state index contributed by atoms with van der Waals surface area (Å²) < 4.78 is 68.0. The van der Waals surface area contributed by atoms with Crippen LogP contribution in [0.5, 0.6) is 0 Å². The van der Waals surface area contributed by atoms with Crippen molar-refractivity contribution >= 4 is 33.0 Å². The van der Waals surface area contributed by atoms with Gasteiger partial charge in [0.2, 0.25) is 5.91 Å². The fourth-order valence-corrected chi connectivity index (χ4v) is 4.90. The van der Waals surface area contributed by atoms with E-state index in [1.807, 2.05) is 4.90 Å². The number of benzene rings is 2. The van der Waals surface area contributed by atoms with Gasteiger partial charge in [0, 0.05) is 18.8 Å². The van der Waals surface area contributed by atoms with Gasteiger partial charge in [0.15, 0.2) is 0 Å². The van der Waals surface area contributed by atoms with Gasteiger partial charge in [-0.05, 0) is 61.2 Å². The van der Waals surface area contributed by atoms with Crippen molar-refractivity contribution in [1.82, 2.24) is 0 Å². The van der Waals surface area contributed by atoms with Crippen LogP contribution in [0.3, 0.4) is 0 Å². The molecule has 0 aromatic heterocycles. The number of nitrogens with one attached hydrogen (secondary N) is 2. The minimum absolute atomic E-state index is 0.0568. The van der Waals surface area contributed by atoms with Gasteiger partial charge < -0.3 is 10.2 Å². The van der Waals surface area contributed by atoms with Gasteiger partial charge in [0.05, 0.1) is 28.3 Å². The van der Waals surface area contributed by atoms with Crippen LogP contribution >= 0.6 is 0 Å². The second kappa shape index (κ2) is 7.50. The summed E-state index contributed by atoms with van der Waals surface area (Å²) in [5, 5.41) is 2.62. The van der Waals surface area contributed by atoms with Gasteiger partial charge in [-0.2, -0.15) is 13.2 Å². The highest BCUT2D eigenvalue weighted by molar-refractivity contribution is 7.92. The summed E-state index contributed by atoms with van der Waals surface area (Å²) in [6.07, 6.45) is -1.74. The van der Waals surface area contributed by atoms with Gasteiger partial charge in [-0.1, -0.05) is 0 Å². The number of piperidine rings is 1. The Morgan fingerprint density at radius 3 is 2.43 bits per heavy atom. The number of amides is 1. The highest BCUT2D eigenvalue weighted by Crippen LogP contribution is 2.37. The Morgan fingerprint density at radius 1 is 1.00 bits per heavy atom. The van der Waals surface area contributed by atoms with Crippen LogP contribution in [0.25, 0.3) is 0 Å². The highest BCUT2D eigenvalue weighted by Gasteiger charge is 2.32. The van der Waals surface area contributed by atoms with E-state index in [2.05, 4.69) is 10.0 Å². The maximum absolute atomic E-state index is 13.3. The lowest BCUT2D eigenvalue weighted by atomic mass is 10.1. The van der Waals surface area contributed by atoms with Gasteiger partial charge >= 0.3 is 6.18 Å². The van der Waals surface area contributed by atoms with Crippen molar-refractivity contribution in [1.29, 1.82) is 0 Å². The van der Waals surface area contributed by atoms with Crippen molar-refractivity contribution in [2.24, 2.45) is 0 Å². The Balaban J connectivity index is 1.71. The molecule has 4 rings (SSSR count). The second-order valence-corrected chi connectivity index (χ2v) is 9.11. The van der Waals surface area contributed by atoms with Gasteiger partial charge in [0.1, 0.15) is 0 Å². The van der Waals surface area contributed by atoms with E-state index in [1.54, 1.807) is 0 Å². The maximum atomic E-state index is 13.3. The van der Waals surface area contributed by atoms with Crippen LogP contribution < -0.4 is 14.9 Å². The van der Waals surface area contributed by atoms with Crippen molar-refractivity contribution < 1.29 is 26.4 Å². The molecule has 6 nitrogen and oxygen atoms in total. The zero-order valence-electron chi connectivity index (χ0n) is 15.9. The largest absolute Gasteiger partial charge is 0.416 e. The Labute approximate surface area is 172 Å². The molecule has 10 heteroatoms. The molecule has 0 spiro atoms. The summed E-state index contributed by atoms with van der Waals surface area (Å²) in [6.45, 7) is 1.29. The molecule has 1 amide bonds. The summed E-state index contributed by atoms with van der Waals surface area (Å²) in [7, 11) is -4.16. The van der Waals surface area contributed by atoms with E-state index < -0.39 is 21.8 Å². The summed E-state index contributed by atoms with van der Waals surface area (Å²) in [5.41, 5.74) is 0.450. The Hall–Kier alpha value is -2.75. The minimum atomic E-state index is -4.60. The van der Waals surface area contributed by atoms with Crippen LogP contribution in [-0.2, 0) is 27.4 Å². The molecule has 2 aliphatic rings. The van der Waals surface area contributed by atoms with Crippen LogP contribution in [0.2, 0.25) is 0 Å². The minimum Gasteiger partial charge on any atom is -0.370 e. The predicted molar refractivity (Wildman–Crippen MR) is 107 cm³/mol. The van der Waals surface area contributed by atoms with E-state index in [4.69, 9.17) is 0 Å². The van der Waals surface area contributed by atoms with Crippen LogP contribution in [0, 0.1) is 0 Å². The molecule has 1 saturated heterocycles. The number of anilines is 3. The Morgan fingerprint density at radius 2 is 1.73 bits per heavy atom.